The lowest BCUT2D eigenvalue weighted by atomic mass is 10.1. The van der Waals surface area contributed by atoms with Crippen LogP contribution in [-0.4, -0.2) is 9.97 Å². The van der Waals surface area contributed by atoms with E-state index in [9.17, 15) is 0 Å². The Labute approximate surface area is 140 Å². The number of thiazole rings is 2. The molecule has 0 saturated carbocycles. The molecule has 0 radical (unpaired) electrons. The van der Waals surface area contributed by atoms with E-state index in [1.54, 1.807) is 22.7 Å². The molecule has 2 aromatic heterocycles. The summed E-state index contributed by atoms with van der Waals surface area (Å²) in [4.78, 5) is 9.03. The van der Waals surface area contributed by atoms with Crippen LogP contribution in [0.15, 0.2) is 60.1 Å². The number of aromatic nitrogens is 2. The maximum Gasteiger partial charge on any atom is 0.188 e. The molecule has 0 saturated heterocycles. The minimum atomic E-state index is 0.917. The van der Waals surface area contributed by atoms with E-state index < -0.39 is 0 Å². The van der Waals surface area contributed by atoms with Crippen LogP contribution in [-0.2, 0) is 0 Å². The summed E-state index contributed by atoms with van der Waals surface area (Å²) in [7, 11) is 0. The van der Waals surface area contributed by atoms with E-state index in [1.807, 2.05) is 17.6 Å². The first-order valence-corrected chi connectivity index (χ1v) is 8.95. The van der Waals surface area contributed by atoms with Crippen molar-refractivity contribution < 1.29 is 0 Å². The molecule has 0 bridgehead atoms. The molecule has 3 nitrogen and oxygen atoms in total. The van der Waals surface area contributed by atoms with E-state index in [0.29, 0.717) is 0 Å². The Balaban J connectivity index is 1.61. The Morgan fingerprint density at radius 1 is 0.913 bits per heavy atom. The smallest absolute Gasteiger partial charge is 0.188 e. The van der Waals surface area contributed by atoms with Crippen molar-refractivity contribution in [3.63, 3.8) is 0 Å². The second-order valence-corrected chi connectivity index (χ2v) is 7.20. The minimum Gasteiger partial charge on any atom is -0.331 e. The maximum atomic E-state index is 4.72. The predicted molar refractivity (Wildman–Crippen MR) is 100 cm³/mol. The van der Waals surface area contributed by atoms with E-state index in [1.165, 1.54) is 20.2 Å². The van der Waals surface area contributed by atoms with Gasteiger partial charge in [0.2, 0.25) is 0 Å². The lowest BCUT2D eigenvalue weighted by molar-refractivity contribution is 1.45. The highest BCUT2D eigenvalue weighted by molar-refractivity contribution is 7.23. The van der Waals surface area contributed by atoms with Gasteiger partial charge < -0.3 is 5.32 Å². The highest BCUT2D eigenvalue weighted by Crippen LogP contribution is 2.34. The first-order chi connectivity index (χ1) is 11.4. The van der Waals surface area contributed by atoms with Gasteiger partial charge in [-0.25, -0.2) is 9.97 Å². The van der Waals surface area contributed by atoms with Crippen LogP contribution in [0.5, 0.6) is 0 Å². The molecule has 5 heteroatoms. The third-order valence-electron chi connectivity index (χ3n) is 3.86. The van der Waals surface area contributed by atoms with Crippen molar-refractivity contribution in [1.82, 2.24) is 9.97 Å². The van der Waals surface area contributed by atoms with Crippen molar-refractivity contribution in [2.75, 3.05) is 5.32 Å². The van der Waals surface area contributed by atoms with Crippen LogP contribution in [0, 0.1) is 0 Å². The highest BCUT2D eigenvalue weighted by Gasteiger charge is 2.08. The highest BCUT2D eigenvalue weighted by atomic mass is 32.1. The van der Waals surface area contributed by atoms with Gasteiger partial charge in [-0.3, -0.25) is 0 Å². The predicted octanol–water partition coefficient (Wildman–Crippen LogP) is 5.80. The number of nitrogens with zero attached hydrogens (tertiary/aromatic N) is 2. The summed E-state index contributed by atoms with van der Waals surface area (Å²) in [5.74, 6) is 0. The molecule has 0 amide bonds. The van der Waals surface area contributed by atoms with E-state index in [2.05, 4.69) is 52.8 Å². The fraction of sp³-hybridized carbons (Fsp3) is 0. The van der Waals surface area contributed by atoms with Crippen LogP contribution in [0.2, 0.25) is 0 Å². The van der Waals surface area contributed by atoms with Gasteiger partial charge in [0.1, 0.15) is 0 Å². The van der Waals surface area contributed by atoms with Crippen LogP contribution in [0.1, 0.15) is 0 Å². The summed E-state index contributed by atoms with van der Waals surface area (Å²) < 4.78 is 2.41. The molecule has 110 valence electrons. The molecule has 0 aliphatic carbocycles. The van der Waals surface area contributed by atoms with Gasteiger partial charge in [0.15, 0.2) is 5.13 Å². The molecule has 1 N–H and O–H groups in total. The zero-order valence-electron chi connectivity index (χ0n) is 12.0. The lowest BCUT2D eigenvalue weighted by Gasteiger charge is -2.01. The van der Waals surface area contributed by atoms with E-state index in [-0.39, 0.29) is 0 Å². The molecule has 3 aromatic carbocycles. The molecular weight excluding hydrogens is 322 g/mol. The number of fused-ring (bicyclic) bond motifs is 4. The molecule has 2 heterocycles. The summed E-state index contributed by atoms with van der Waals surface area (Å²) in [6.45, 7) is 0. The molecule has 0 fully saturated rings. The third kappa shape index (κ3) is 2.17. The number of benzene rings is 3. The van der Waals surface area contributed by atoms with Gasteiger partial charge in [-0.15, -0.1) is 11.3 Å². The quantitative estimate of drug-likeness (QED) is 0.443. The van der Waals surface area contributed by atoms with Crippen LogP contribution in [0.25, 0.3) is 31.2 Å². The first kappa shape index (κ1) is 13.0. The summed E-state index contributed by atoms with van der Waals surface area (Å²) in [6.07, 6.45) is 0. The maximum absolute atomic E-state index is 4.72. The van der Waals surface area contributed by atoms with Gasteiger partial charge in [0, 0.05) is 11.1 Å². The van der Waals surface area contributed by atoms with Crippen molar-refractivity contribution in [1.29, 1.82) is 0 Å². The van der Waals surface area contributed by atoms with Crippen LogP contribution < -0.4 is 5.32 Å². The van der Waals surface area contributed by atoms with Crippen molar-refractivity contribution in [2.45, 2.75) is 0 Å². The van der Waals surface area contributed by atoms with Crippen molar-refractivity contribution in [3.8, 4) is 0 Å². The van der Waals surface area contributed by atoms with Gasteiger partial charge in [0.05, 0.1) is 25.9 Å². The van der Waals surface area contributed by atoms with Gasteiger partial charge in [-0.2, -0.15) is 0 Å². The fourth-order valence-electron chi connectivity index (χ4n) is 2.77. The molecule has 5 rings (SSSR count). The largest absolute Gasteiger partial charge is 0.331 e. The summed E-state index contributed by atoms with van der Waals surface area (Å²) in [5.41, 5.74) is 4.99. The molecule has 0 aliphatic rings. The minimum absolute atomic E-state index is 0.917. The van der Waals surface area contributed by atoms with Gasteiger partial charge in [0.25, 0.3) is 0 Å². The van der Waals surface area contributed by atoms with Gasteiger partial charge in [-0.05, 0) is 29.7 Å². The van der Waals surface area contributed by atoms with Crippen molar-refractivity contribution in [3.05, 3.63) is 60.1 Å². The lowest BCUT2D eigenvalue weighted by Crippen LogP contribution is -1.88. The zero-order chi connectivity index (χ0) is 15.2. The van der Waals surface area contributed by atoms with Crippen LogP contribution >= 0.6 is 22.7 Å². The number of rotatable bonds is 2. The number of anilines is 2. The fourth-order valence-corrected chi connectivity index (χ4v) is 4.50. The van der Waals surface area contributed by atoms with Crippen molar-refractivity contribution >= 4 is 64.7 Å². The second-order valence-electron chi connectivity index (χ2n) is 5.31. The average molecular weight is 333 g/mol. The molecular formula is C18H11N3S2. The normalized spacial score (nSPS) is 11.5. The van der Waals surface area contributed by atoms with E-state index in [0.717, 1.165) is 21.9 Å². The summed E-state index contributed by atoms with van der Waals surface area (Å²) in [6, 6.07) is 18.9. The topological polar surface area (TPSA) is 37.8 Å². The number of hydrogen-bond acceptors (Lipinski definition) is 5. The SMILES string of the molecule is c1ccc2c(c1)ccc1nc(Nc3ccc4ncsc4c3)sc12. The molecule has 23 heavy (non-hydrogen) atoms. The first-order valence-electron chi connectivity index (χ1n) is 7.25. The Morgan fingerprint density at radius 2 is 1.83 bits per heavy atom. The monoisotopic (exact) mass is 333 g/mol. The van der Waals surface area contributed by atoms with E-state index in [4.69, 9.17) is 4.98 Å². The Morgan fingerprint density at radius 3 is 2.83 bits per heavy atom. The zero-order valence-corrected chi connectivity index (χ0v) is 13.6. The van der Waals surface area contributed by atoms with Crippen LogP contribution in [0.4, 0.5) is 10.8 Å². The standard InChI is InChI=1S/C18H11N3S2/c1-2-4-13-11(3-1)5-7-15-17(13)23-18(21-15)20-12-6-8-14-16(9-12)22-10-19-14/h1-10H,(H,20,21). The number of nitrogens with one attached hydrogen (secondary N) is 1. The van der Waals surface area contributed by atoms with Crippen molar-refractivity contribution in [2.24, 2.45) is 0 Å². The van der Waals surface area contributed by atoms with E-state index >= 15 is 0 Å². The Hall–Kier alpha value is -2.50. The van der Waals surface area contributed by atoms with Crippen LogP contribution in [0.3, 0.4) is 0 Å². The summed E-state index contributed by atoms with van der Waals surface area (Å²) >= 11 is 3.35. The second kappa shape index (κ2) is 5.01. The molecule has 0 unspecified atom stereocenters. The molecule has 0 aliphatic heterocycles. The molecule has 5 aromatic rings. The van der Waals surface area contributed by atoms with Gasteiger partial charge in [-0.1, -0.05) is 41.7 Å². The molecule has 0 atom stereocenters. The molecule has 0 spiro atoms. The Kier molecular flexibility index (Phi) is 2.83. The number of hydrogen-bond donors (Lipinski definition) is 1. The third-order valence-corrected chi connectivity index (χ3v) is 5.67. The van der Waals surface area contributed by atoms with Gasteiger partial charge >= 0.3 is 0 Å². The summed E-state index contributed by atoms with van der Waals surface area (Å²) in [5, 5.41) is 6.85. The Bertz CT molecular complexity index is 1160. The average Bonchev–Trinajstić information content (AvgIpc) is 3.20.